The lowest BCUT2D eigenvalue weighted by Crippen LogP contribution is -2.11. The smallest absolute Gasteiger partial charge is 0.225 e. The van der Waals surface area contributed by atoms with Gasteiger partial charge in [-0.1, -0.05) is 0 Å². The van der Waals surface area contributed by atoms with Gasteiger partial charge in [-0.15, -0.1) is 0 Å². The van der Waals surface area contributed by atoms with Crippen molar-refractivity contribution in [2.45, 2.75) is 6.42 Å². The highest BCUT2D eigenvalue weighted by Gasteiger charge is 2.02. The summed E-state index contributed by atoms with van der Waals surface area (Å²) in [6.45, 7) is 0.514. The van der Waals surface area contributed by atoms with E-state index in [1.54, 1.807) is 12.3 Å². The molecule has 16 heavy (non-hydrogen) atoms. The number of sulfone groups is 1. The second-order valence-electron chi connectivity index (χ2n) is 3.33. The largest absolute Gasteiger partial charge is 0.481 e. The van der Waals surface area contributed by atoms with Gasteiger partial charge in [0, 0.05) is 25.1 Å². The zero-order valence-corrected chi connectivity index (χ0v) is 10.1. The van der Waals surface area contributed by atoms with E-state index in [0.717, 1.165) is 0 Å². The van der Waals surface area contributed by atoms with Gasteiger partial charge in [0.1, 0.15) is 9.84 Å². The average molecular weight is 245 g/mol. The number of aromatic nitrogens is 2. The molecule has 1 N–H and O–H groups in total. The first-order valence-corrected chi connectivity index (χ1v) is 6.86. The van der Waals surface area contributed by atoms with Crippen LogP contribution in [0.3, 0.4) is 0 Å². The van der Waals surface area contributed by atoms with Crippen LogP contribution in [0.5, 0.6) is 5.88 Å². The number of ether oxygens (including phenoxy) is 1. The third-order valence-electron chi connectivity index (χ3n) is 1.81. The zero-order chi connectivity index (χ0) is 12.0. The summed E-state index contributed by atoms with van der Waals surface area (Å²) in [6.07, 6.45) is 3.32. The molecule has 0 aliphatic carbocycles. The first-order valence-electron chi connectivity index (χ1n) is 4.80. The minimum atomic E-state index is -2.90. The van der Waals surface area contributed by atoms with Crippen molar-refractivity contribution in [2.75, 3.05) is 31.0 Å². The van der Waals surface area contributed by atoms with Gasteiger partial charge in [0.15, 0.2) is 0 Å². The minimum Gasteiger partial charge on any atom is -0.481 e. The van der Waals surface area contributed by atoms with Gasteiger partial charge in [-0.05, 0) is 6.42 Å². The number of hydrogen-bond acceptors (Lipinski definition) is 6. The Bertz CT molecular complexity index is 433. The standard InChI is InChI=1S/C9H15N3O3S/c1-15-8-4-6-11-9(12-8)10-5-3-7-16(2,13)14/h4,6H,3,5,7H2,1-2H3,(H,10,11,12). The molecule has 0 amide bonds. The molecule has 1 rings (SSSR count). The molecule has 7 heteroatoms. The molecule has 0 aromatic carbocycles. The van der Waals surface area contributed by atoms with Crippen molar-refractivity contribution >= 4 is 15.8 Å². The van der Waals surface area contributed by atoms with E-state index in [2.05, 4.69) is 15.3 Å². The molecular formula is C9H15N3O3S. The van der Waals surface area contributed by atoms with E-state index >= 15 is 0 Å². The molecule has 0 spiro atoms. The second kappa shape index (κ2) is 5.64. The van der Waals surface area contributed by atoms with Crippen molar-refractivity contribution in [3.05, 3.63) is 12.3 Å². The Labute approximate surface area is 95.0 Å². The van der Waals surface area contributed by atoms with Crippen molar-refractivity contribution in [1.29, 1.82) is 0 Å². The van der Waals surface area contributed by atoms with E-state index in [1.807, 2.05) is 0 Å². The molecular weight excluding hydrogens is 230 g/mol. The number of rotatable bonds is 6. The molecule has 0 saturated carbocycles. The maximum Gasteiger partial charge on any atom is 0.225 e. The van der Waals surface area contributed by atoms with Crippen LogP contribution in [-0.4, -0.2) is 44.0 Å². The minimum absolute atomic E-state index is 0.157. The molecule has 0 fully saturated rings. The molecule has 0 aliphatic heterocycles. The van der Waals surface area contributed by atoms with Gasteiger partial charge in [0.25, 0.3) is 0 Å². The average Bonchev–Trinajstić information content (AvgIpc) is 2.23. The molecule has 90 valence electrons. The fraction of sp³-hybridized carbons (Fsp3) is 0.556. The molecule has 6 nitrogen and oxygen atoms in total. The van der Waals surface area contributed by atoms with Crippen LogP contribution in [0.1, 0.15) is 6.42 Å². The molecule has 1 aromatic rings. The third-order valence-corrected chi connectivity index (χ3v) is 2.84. The summed E-state index contributed by atoms with van der Waals surface area (Å²) in [5, 5.41) is 2.93. The Balaban J connectivity index is 2.37. The molecule has 0 radical (unpaired) electrons. The number of methoxy groups -OCH3 is 1. The molecule has 0 aliphatic rings. The van der Waals surface area contributed by atoms with E-state index in [-0.39, 0.29) is 5.75 Å². The van der Waals surface area contributed by atoms with Crippen molar-refractivity contribution in [2.24, 2.45) is 0 Å². The summed E-state index contributed by atoms with van der Waals surface area (Å²) in [4.78, 5) is 8.00. The summed E-state index contributed by atoms with van der Waals surface area (Å²) >= 11 is 0. The summed E-state index contributed by atoms with van der Waals surface area (Å²) < 4.78 is 26.7. The van der Waals surface area contributed by atoms with Crippen LogP contribution in [0.4, 0.5) is 5.95 Å². The van der Waals surface area contributed by atoms with Gasteiger partial charge >= 0.3 is 0 Å². The molecule has 0 atom stereocenters. The van der Waals surface area contributed by atoms with Crippen LogP contribution in [0.2, 0.25) is 0 Å². The highest BCUT2D eigenvalue weighted by atomic mass is 32.2. The van der Waals surface area contributed by atoms with Crippen LogP contribution in [-0.2, 0) is 9.84 Å². The zero-order valence-electron chi connectivity index (χ0n) is 9.30. The highest BCUT2D eigenvalue weighted by molar-refractivity contribution is 7.90. The predicted octanol–water partition coefficient (Wildman–Crippen LogP) is 0.332. The first-order chi connectivity index (χ1) is 7.51. The normalized spacial score (nSPS) is 11.1. The van der Waals surface area contributed by atoms with E-state index < -0.39 is 9.84 Å². The van der Waals surface area contributed by atoms with E-state index in [1.165, 1.54) is 13.4 Å². The number of nitrogens with one attached hydrogen (secondary N) is 1. The van der Waals surface area contributed by atoms with E-state index in [9.17, 15) is 8.42 Å². The Morgan fingerprint density at radius 3 is 2.88 bits per heavy atom. The van der Waals surface area contributed by atoms with Gasteiger partial charge < -0.3 is 10.1 Å². The van der Waals surface area contributed by atoms with Gasteiger partial charge in [-0.3, -0.25) is 0 Å². The third kappa shape index (κ3) is 4.92. The summed E-state index contributed by atoms with van der Waals surface area (Å²) in [7, 11) is -1.37. The highest BCUT2D eigenvalue weighted by Crippen LogP contribution is 2.06. The fourth-order valence-corrected chi connectivity index (χ4v) is 1.74. The van der Waals surface area contributed by atoms with Crippen molar-refractivity contribution in [1.82, 2.24) is 9.97 Å². The fourth-order valence-electron chi connectivity index (χ4n) is 1.08. The summed E-state index contributed by atoms with van der Waals surface area (Å²) in [5.41, 5.74) is 0. The molecule has 1 aromatic heterocycles. The van der Waals surface area contributed by atoms with Gasteiger partial charge in [-0.2, -0.15) is 4.98 Å². The van der Waals surface area contributed by atoms with Crippen LogP contribution in [0.25, 0.3) is 0 Å². The van der Waals surface area contributed by atoms with Crippen LogP contribution in [0.15, 0.2) is 12.3 Å². The van der Waals surface area contributed by atoms with Crippen molar-refractivity contribution in [3.63, 3.8) is 0 Å². The van der Waals surface area contributed by atoms with E-state index in [0.29, 0.717) is 24.8 Å². The molecule has 0 bridgehead atoms. The molecule has 0 saturated heterocycles. The Morgan fingerprint density at radius 1 is 1.50 bits per heavy atom. The molecule has 1 heterocycles. The first kappa shape index (κ1) is 12.7. The Morgan fingerprint density at radius 2 is 2.25 bits per heavy atom. The predicted molar refractivity (Wildman–Crippen MR) is 61.4 cm³/mol. The second-order valence-corrected chi connectivity index (χ2v) is 5.59. The lowest BCUT2D eigenvalue weighted by molar-refractivity contribution is 0.397. The lowest BCUT2D eigenvalue weighted by atomic mass is 10.5. The maximum atomic E-state index is 10.9. The maximum absolute atomic E-state index is 10.9. The van der Waals surface area contributed by atoms with Crippen molar-refractivity contribution < 1.29 is 13.2 Å². The van der Waals surface area contributed by atoms with Gasteiger partial charge in [0.2, 0.25) is 11.8 Å². The van der Waals surface area contributed by atoms with Crippen LogP contribution >= 0.6 is 0 Å². The van der Waals surface area contributed by atoms with Gasteiger partial charge in [0.05, 0.1) is 12.9 Å². The van der Waals surface area contributed by atoms with Gasteiger partial charge in [-0.25, -0.2) is 13.4 Å². The monoisotopic (exact) mass is 245 g/mol. The van der Waals surface area contributed by atoms with Crippen LogP contribution in [0, 0.1) is 0 Å². The van der Waals surface area contributed by atoms with E-state index in [4.69, 9.17) is 4.74 Å². The topological polar surface area (TPSA) is 81.2 Å². The lowest BCUT2D eigenvalue weighted by Gasteiger charge is -2.05. The number of hydrogen-bond donors (Lipinski definition) is 1. The van der Waals surface area contributed by atoms with Crippen molar-refractivity contribution in [3.8, 4) is 5.88 Å². The van der Waals surface area contributed by atoms with Crippen LogP contribution < -0.4 is 10.1 Å². The quantitative estimate of drug-likeness (QED) is 0.727. The SMILES string of the molecule is COc1ccnc(NCCCS(C)(=O)=O)n1. The Kier molecular flexibility index (Phi) is 4.48. The summed E-state index contributed by atoms with van der Waals surface area (Å²) in [5.74, 6) is 1.07. The summed E-state index contributed by atoms with van der Waals surface area (Å²) in [6, 6.07) is 1.64. The number of anilines is 1. The Hall–Kier alpha value is -1.37. The number of nitrogens with zero attached hydrogens (tertiary/aromatic N) is 2. The molecule has 0 unspecified atom stereocenters.